The Hall–Kier alpha value is -0.750. The van der Waals surface area contributed by atoms with Crippen molar-refractivity contribution < 1.29 is 4.79 Å². The number of thiophene rings is 2. The molecular weight excluding hydrogens is 516 g/mol. The van der Waals surface area contributed by atoms with Crippen LogP contribution >= 0.6 is 54.5 Å². The Morgan fingerprint density at radius 2 is 1.14 bits per heavy atom. The Balaban J connectivity index is 2.37. The Morgan fingerprint density at radius 1 is 0.750 bits per heavy atom. The van der Waals surface area contributed by atoms with Gasteiger partial charge in [0.1, 0.15) is 0 Å². The third-order valence-electron chi connectivity index (χ3n) is 4.63. The number of ketones is 1. The number of carbonyl (C=O) groups excluding carboxylic acids is 1. The van der Waals surface area contributed by atoms with Crippen molar-refractivity contribution in [3.8, 4) is 0 Å². The third-order valence-corrected chi connectivity index (χ3v) is 7.92. The van der Waals surface area contributed by atoms with E-state index in [0.29, 0.717) is 0 Å². The van der Waals surface area contributed by atoms with Gasteiger partial charge in [0.15, 0.2) is 5.78 Å². The van der Waals surface area contributed by atoms with Crippen molar-refractivity contribution in [3.05, 3.63) is 70.5 Å². The molecule has 1 nitrogen and oxygen atoms in total. The number of rotatable bonds is 2. The third kappa shape index (κ3) is 4.53. The normalized spacial score (nSPS) is 15.6. The molecule has 1 aliphatic rings. The molecule has 2 aromatic heterocycles. The zero-order valence-electron chi connectivity index (χ0n) is 16.9. The van der Waals surface area contributed by atoms with Crippen LogP contribution in [0.15, 0.2) is 60.7 Å². The van der Waals surface area contributed by atoms with Crippen molar-refractivity contribution in [1.29, 1.82) is 0 Å². The van der Waals surface area contributed by atoms with E-state index in [1.54, 1.807) is 22.7 Å². The largest absolute Gasteiger partial charge is 0.289 e. The van der Waals surface area contributed by atoms with Crippen LogP contribution < -0.4 is 0 Å². The monoisotopic (exact) mass is 538 g/mol. The second-order valence-electron chi connectivity index (χ2n) is 8.98. The topological polar surface area (TPSA) is 17.1 Å². The lowest BCUT2D eigenvalue weighted by molar-refractivity contribution is -0.114. The summed E-state index contributed by atoms with van der Waals surface area (Å²) in [6, 6.07) is 8.46. The van der Waals surface area contributed by atoms with Crippen molar-refractivity contribution in [1.82, 2.24) is 0 Å². The maximum Gasteiger partial charge on any atom is 0.186 e. The van der Waals surface area contributed by atoms with Gasteiger partial charge in [-0.05, 0) is 84.7 Å². The highest BCUT2D eigenvalue weighted by atomic mass is 79.9. The van der Waals surface area contributed by atoms with Crippen LogP contribution in [-0.4, -0.2) is 5.78 Å². The van der Waals surface area contributed by atoms with Crippen molar-refractivity contribution in [2.75, 3.05) is 0 Å². The molecule has 0 bridgehead atoms. The number of halogens is 2. The predicted octanol–water partition coefficient (Wildman–Crippen LogP) is 8.66. The molecule has 0 spiro atoms. The Kier molecular flexibility index (Phi) is 6.13. The molecule has 0 saturated carbocycles. The second kappa shape index (κ2) is 7.82. The minimum absolute atomic E-state index is 0.169. The van der Waals surface area contributed by atoms with Crippen LogP contribution in [0.25, 0.3) is 5.57 Å². The molecule has 0 aliphatic heterocycles. The van der Waals surface area contributed by atoms with Gasteiger partial charge in [-0.25, -0.2) is 0 Å². The minimum Gasteiger partial charge on any atom is -0.289 e. The SMILES string of the molecule is CC(C)(C)C1=CC(=C(c2ccc(Br)s2)c2ccc(Br)s2)C=C(C(C)(C)C)C1=O. The van der Waals surface area contributed by atoms with Crippen LogP contribution in [0.2, 0.25) is 0 Å². The summed E-state index contributed by atoms with van der Waals surface area (Å²) in [6.45, 7) is 12.7. The molecule has 0 aromatic carbocycles. The smallest absolute Gasteiger partial charge is 0.186 e. The van der Waals surface area contributed by atoms with Gasteiger partial charge in [0.2, 0.25) is 0 Å². The van der Waals surface area contributed by atoms with E-state index in [4.69, 9.17) is 0 Å². The summed E-state index contributed by atoms with van der Waals surface area (Å²) in [4.78, 5) is 15.7. The molecule has 28 heavy (non-hydrogen) atoms. The number of carbonyl (C=O) groups is 1. The van der Waals surface area contributed by atoms with Crippen molar-refractivity contribution in [2.24, 2.45) is 10.8 Å². The van der Waals surface area contributed by atoms with E-state index in [2.05, 4.69) is 110 Å². The molecule has 0 radical (unpaired) electrons. The van der Waals surface area contributed by atoms with E-state index in [1.165, 1.54) is 15.3 Å². The van der Waals surface area contributed by atoms with Gasteiger partial charge < -0.3 is 0 Å². The second-order valence-corrected chi connectivity index (χ2v) is 13.9. The molecule has 2 heterocycles. The Bertz CT molecular complexity index is 939. The molecule has 2 aromatic rings. The fourth-order valence-corrected chi connectivity index (χ4v) is 6.19. The summed E-state index contributed by atoms with van der Waals surface area (Å²) >= 11 is 10.6. The van der Waals surface area contributed by atoms with Crippen LogP contribution in [0.3, 0.4) is 0 Å². The lowest BCUT2D eigenvalue weighted by Gasteiger charge is -2.32. The first-order chi connectivity index (χ1) is 12.9. The first kappa shape index (κ1) is 21.9. The van der Waals surface area contributed by atoms with Gasteiger partial charge in [-0.15, -0.1) is 22.7 Å². The highest BCUT2D eigenvalue weighted by Gasteiger charge is 2.35. The summed E-state index contributed by atoms with van der Waals surface area (Å²) in [5.74, 6) is 0.169. The van der Waals surface area contributed by atoms with E-state index in [0.717, 1.165) is 24.3 Å². The maximum atomic E-state index is 13.3. The molecule has 0 unspecified atom stereocenters. The summed E-state index contributed by atoms with van der Waals surface area (Å²) in [7, 11) is 0. The van der Waals surface area contributed by atoms with Gasteiger partial charge in [0.25, 0.3) is 0 Å². The fourth-order valence-electron chi connectivity index (χ4n) is 3.19. The Morgan fingerprint density at radius 3 is 1.43 bits per heavy atom. The van der Waals surface area contributed by atoms with Crippen LogP contribution in [0.5, 0.6) is 0 Å². The predicted molar refractivity (Wildman–Crippen MR) is 130 cm³/mol. The van der Waals surface area contributed by atoms with Crippen molar-refractivity contribution >= 4 is 65.9 Å². The zero-order chi connectivity index (χ0) is 20.9. The highest BCUT2D eigenvalue weighted by molar-refractivity contribution is 9.11. The van der Waals surface area contributed by atoms with E-state index in [9.17, 15) is 4.79 Å². The van der Waals surface area contributed by atoms with Crippen LogP contribution in [0.1, 0.15) is 51.3 Å². The van der Waals surface area contributed by atoms with Crippen molar-refractivity contribution in [2.45, 2.75) is 41.5 Å². The molecule has 1 aliphatic carbocycles. The average molecular weight is 540 g/mol. The first-order valence-electron chi connectivity index (χ1n) is 9.12. The van der Waals surface area contributed by atoms with E-state index in [-0.39, 0.29) is 16.6 Å². The molecular formula is C23H24Br2OS2. The summed E-state index contributed by atoms with van der Waals surface area (Å²) < 4.78 is 2.20. The average Bonchev–Trinajstić information content (AvgIpc) is 3.16. The lowest BCUT2D eigenvalue weighted by atomic mass is 9.71. The minimum atomic E-state index is -0.218. The zero-order valence-corrected chi connectivity index (χ0v) is 21.7. The quantitative estimate of drug-likeness (QED) is 0.373. The van der Waals surface area contributed by atoms with Crippen LogP contribution in [0.4, 0.5) is 0 Å². The fraction of sp³-hybridized carbons (Fsp3) is 0.348. The summed E-state index contributed by atoms with van der Waals surface area (Å²) in [5, 5.41) is 0. The number of hydrogen-bond donors (Lipinski definition) is 0. The highest BCUT2D eigenvalue weighted by Crippen LogP contribution is 2.44. The van der Waals surface area contributed by atoms with Gasteiger partial charge in [-0.2, -0.15) is 0 Å². The maximum absolute atomic E-state index is 13.3. The van der Waals surface area contributed by atoms with Gasteiger partial charge in [0, 0.05) is 26.5 Å². The first-order valence-corrected chi connectivity index (χ1v) is 12.3. The molecule has 0 saturated heterocycles. The number of Topliss-reactive ketones (excluding diaryl/α,β-unsaturated/α-hetero) is 1. The van der Waals surface area contributed by atoms with Gasteiger partial charge >= 0.3 is 0 Å². The van der Waals surface area contributed by atoms with Gasteiger partial charge in [-0.3, -0.25) is 4.79 Å². The lowest BCUT2D eigenvalue weighted by Crippen LogP contribution is -2.28. The Labute approximate surface area is 192 Å². The van der Waals surface area contributed by atoms with E-state index < -0.39 is 0 Å². The number of hydrogen-bond acceptors (Lipinski definition) is 3. The van der Waals surface area contributed by atoms with Crippen molar-refractivity contribution in [3.63, 3.8) is 0 Å². The van der Waals surface area contributed by atoms with Gasteiger partial charge in [0.05, 0.1) is 7.57 Å². The van der Waals surface area contributed by atoms with Crippen LogP contribution in [0, 0.1) is 10.8 Å². The van der Waals surface area contributed by atoms with E-state index in [1.807, 2.05) is 0 Å². The molecule has 3 rings (SSSR count). The molecule has 148 valence electrons. The molecule has 0 atom stereocenters. The van der Waals surface area contributed by atoms with Gasteiger partial charge in [-0.1, -0.05) is 41.5 Å². The van der Waals surface area contributed by atoms with E-state index >= 15 is 0 Å². The molecule has 0 N–H and O–H groups in total. The number of allylic oxidation sites excluding steroid dienone is 5. The summed E-state index contributed by atoms with van der Waals surface area (Å²) in [5.41, 5.74) is 3.60. The molecule has 0 fully saturated rings. The molecule has 0 amide bonds. The standard InChI is InChI=1S/C23H24Br2OS2/c1-22(2,3)14-11-13(12-15(21(14)26)23(4,5)6)20(16-7-9-18(24)27-16)17-8-10-19(25)28-17/h7-12H,1-6H3. The summed E-state index contributed by atoms with van der Waals surface area (Å²) in [6.07, 6.45) is 4.21. The van der Waals surface area contributed by atoms with Crippen LogP contribution in [-0.2, 0) is 4.79 Å². The molecule has 5 heteroatoms.